The van der Waals surface area contributed by atoms with Gasteiger partial charge >= 0.3 is 0 Å². The maximum atomic E-state index is 12.5. The van der Waals surface area contributed by atoms with Gasteiger partial charge in [-0.05, 0) is 18.6 Å². The molecule has 1 aromatic rings. The number of piperidine rings is 1. The standard InChI is InChI=1S/C14H18N2O3/c15-12-5-2-1-4-11(12)13(17)16-7-3-6-14(10-16)18-8-9-19-14/h1-2,4-5H,3,6-10,15H2. The monoisotopic (exact) mass is 262 g/mol. The Kier molecular flexibility index (Phi) is 3.16. The van der Waals surface area contributed by atoms with E-state index in [0.717, 1.165) is 19.4 Å². The van der Waals surface area contributed by atoms with Crippen LogP contribution < -0.4 is 5.73 Å². The summed E-state index contributed by atoms with van der Waals surface area (Å²) in [5.41, 5.74) is 6.93. The maximum absolute atomic E-state index is 12.5. The Morgan fingerprint density at radius 3 is 2.74 bits per heavy atom. The molecule has 5 heteroatoms. The lowest BCUT2D eigenvalue weighted by molar-refractivity contribution is -0.183. The number of rotatable bonds is 1. The molecule has 0 aliphatic carbocycles. The Labute approximate surface area is 112 Å². The molecule has 2 aliphatic rings. The van der Waals surface area contributed by atoms with Gasteiger partial charge < -0.3 is 20.1 Å². The van der Waals surface area contributed by atoms with Crippen molar-refractivity contribution in [2.75, 3.05) is 32.0 Å². The molecule has 0 aromatic heterocycles. The van der Waals surface area contributed by atoms with Crippen LogP contribution in [-0.4, -0.2) is 42.9 Å². The number of anilines is 1. The average molecular weight is 262 g/mol. The Morgan fingerprint density at radius 1 is 1.26 bits per heavy atom. The van der Waals surface area contributed by atoms with Crippen molar-refractivity contribution < 1.29 is 14.3 Å². The summed E-state index contributed by atoms with van der Waals surface area (Å²) >= 11 is 0. The molecular formula is C14H18N2O3. The molecular weight excluding hydrogens is 244 g/mol. The second kappa shape index (κ2) is 4.83. The SMILES string of the molecule is Nc1ccccc1C(=O)N1CCCC2(C1)OCCO2. The third-order valence-corrected chi connectivity index (χ3v) is 3.71. The number of nitrogens with zero attached hydrogens (tertiary/aromatic N) is 1. The van der Waals surface area contributed by atoms with Gasteiger partial charge in [0, 0.05) is 18.7 Å². The van der Waals surface area contributed by atoms with Crippen LogP contribution in [0.25, 0.3) is 0 Å². The lowest BCUT2D eigenvalue weighted by Crippen LogP contribution is -2.51. The summed E-state index contributed by atoms with van der Waals surface area (Å²) in [4.78, 5) is 14.3. The number of amides is 1. The highest BCUT2D eigenvalue weighted by Gasteiger charge is 2.42. The minimum absolute atomic E-state index is 0.0451. The van der Waals surface area contributed by atoms with E-state index in [2.05, 4.69) is 0 Å². The third kappa shape index (κ3) is 2.31. The zero-order valence-electron chi connectivity index (χ0n) is 10.8. The molecule has 5 nitrogen and oxygen atoms in total. The summed E-state index contributed by atoms with van der Waals surface area (Å²) in [5, 5.41) is 0. The largest absolute Gasteiger partial charge is 0.398 e. The summed E-state index contributed by atoms with van der Waals surface area (Å²) < 4.78 is 11.4. The van der Waals surface area contributed by atoms with Gasteiger partial charge in [-0.3, -0.25) is 4.79 Å². The van der Waals surface area contributed by atoms with Crippen molar-refractivity contribution in [3.05, 3.63) is 29.8 Å². The van der Waals surface area contributed by atoms with E-state index in [1.165, 1.54) is 0 Å². The van der Waals surface area contributed by atoms with E-state index in [1.807, 2.05) is 12.1 Å². The summed E-state index contributed by atoms with van der Waals surface area (Å²) in [7, 11) is 0. The smallest absolute Gasteiger partial charge is 0.256 e. The number of carbonyl (C=O) groups is 1. The highest BCUT2D eigenvalue weighted by molar-refractivity contribution is 5.99. The van der Waals surface area contributed by atoms with Crippen LogP contribution in [0, 0.1) is 0 Å². The van der Waals surface area contributed by atoms with Gasteiger partial charge in [0.1, 0.15) is 0 Å². The van der Waals surface area contributed by atoms with E-state index in [9.17, 15) is 4.79 Å². The van der Waals surface area contributed by atoms with Gasteiger partial charge in [0.2, 0.25) is 0 Å². The fourth-order valence-corrected chi connectivity index (χ4v) is 2.76. The van der Waals surface area contributed by atoms with Crippen molar-refractivity contribution in [1.82, 2.24) is 4.90 Å². The zero-order valence-corrected chi connectivity index (χ0v) is 10.8. The van der Waals surface area contributed by atoms with Crippen molar-refractivity contribution in [1.29, 1.82) is 0 Å². The molecule has 2 N–H and O–H groups in total. The molecule has 1 spiro atoms. The van der Waals surface area contributed by atoms with Gasteiger partial charge in [0.05, 0.1) is 25.3 Å². The van der Waals surface area contributed by atoms with Crippen LogP contribution in [-0.2, 0) is 9.47 Å². The van der Waals surface area contributed by atoms with E-state index in [-0.39, 0.29) is 5.91 Å². The number of nitrogens with two attached hydrogens (primary N) is 1. The van der Waals surface area contributed by atoms with Gasteiger partial charge in [0.25, 0.3) is 5.91 Å². The molecule has 0 unspecified atom stereocenters. The molecule has 2 fully saturated rings. The van der Waals surface area contributed by atoms with Crippen LogP contribution in [0.15, 0.2) is 24.3 Å². The molecule has 2 saturated heterocycles. The molecule has 0 saturated carbocycles. The summed E-state index contributed by atoms with van der Waals surface area (Å²) in [6.45, 7) is 2.42. The molecule has 0 bridgehead atoms. The van der Waals surface area contributed by atoms with Crippen molar-refractivity contribution in [2.24, 2.45) is 0 Å². The van der Waals surface area contributed by atoms with Crippen LogP contribution in [0.2, 0.25) is 0 Å². The van der Waals surface area contributed by atoms with E-state index in [1.54, 1.807) is 17.0 Å². The lowest BCUT2D eigenvalue weighted by Gasteiger charge is -2.38. The molecule has 1 aromatic carbocycles. The predicted molar refractivity (Wildman–Crippen MR) is 70.6 cm³/mol. The van der Waals surface area contributed by atoms with E-state index in [4.69, 9.17) is 15.2 Å². The first-order valence-electron chi connectivity index (χ1n) is 6.62. The summed E-state index contributed by atoms with van der Waals surface area (Å²) in [6.07, 6.45) is 1.74. The highest BCUT2D eigenvalue weighted by Crippen LogP contribution is 2.31. The molecule has 19 heavy (non-hydrogen) atoms. The zero-order chi connectivity index (χ0) is 13.3. The summed E-state index contributed by atoms with van der Waals surface area (Å²) in [5.74, 6) is -0.631. The van der Waals surface area contributed by atoms with Crippen LogP contribution in [0.1, 0.15) is 23.2 Å². The predicted octanol–water partition coefficient (Wildman–Crippen LogP) is 1.25. The van der Waals surface area contributed by atoms with Crippen LogP contribution in [0.5, 0.6) is 0 Å². The minimum Gasteiger partial charge on any atom is -0.398 e. The molecule has 2 heterocycles. The molecule has 3 rings (SSSR count). The van der Waals surface area contributed by atoms with Crippen LogP contribution in [0.3, 0.4) is 0 Å². The van der Waals surface area contributed by atoms with Crippen LogP contribution >= 0.6 is 0 Å². The fraction of sp³-hybridized carbons (Fsp3) is 0.500. The van der Waals surface area contributed by atoms with Crippen molar-refractivity contribution in [2.45, 2.75) is 18.6 Å². The van der Waals surface area contributed by atoms with Gasteiger partial charge in [-0.15, -0.1) is 0 Å². The van der Waals surface area contributed by atoms with Crippen molar-refractivity contribution in [3.8, 4) is 0 Å². The number of likely N-dealkylation sites (tertiary alicyclic amines) is 1. The Bertz CT molecular complexity index is 483. The number of nitrogen functional groups attached to an aromatic ring is 1. The molecule has 0 radical (unpaired) electrons. The topological polar surface area (TPSA) is 64.8 Å². The molecule has 2 aliphatic heterocycles. The number of hydrogen-bond acceptors (Lipinski definition) is 4. The first kappa shape index (κ1) is 12.4. The van der Waals surface area contributed by atoms with E-state index < -0.39 is 5.79 Å². The molecule has 102 valence electrons. The van der Waals surface area contributed by atoms with Gasteiger partial charge in [0.15, 0.2) is 5.79 Å². The number of para-hydroxylation sites is 1. The third-order valence-electron chi connectivity index (χ3n) is 3.71. The Morgan fingerprint density at radius 2 is 2.00 bits per heavy atom. The molecule has 0 atom stereocenters. The van der Waals surface area contributed by atoms with Gasteiger partial charge in [-0.2, -0.15) is 0 Å². The number of hydrogen-bond donors (Lipinski definition) is 1. The highest BCUT2D eigenvalue weighted by atomic mass is 16.7. The van der Waals surface area contributed by atoms with Crippen molar-refractivity contribution in [3.63, 3.8) is 0 Å². The van der Waals surface area contributed by atoms with Crippen LogP contribution in [0.4, 0.5) is 5.69 Å². The Hall–Kier alpha value is -1.59. The quantitative estimate of drug-likeness (QED) is 0.774. The van der Waals surface area contributed by atoms with Gasteiger partial charge in [-0.1, -0.05) is 12.1 Å². The minimum atomic E-state index is -0.586. The Balaban J connectivity index is 1.78. The number of ether oxygens (including phenoxy) is 2. The fourth-order valence-electron chi connectivity index (χ4n) is 2.76. The molecule has 1 amide bonds. The number of carbonyl (C=O) groups excluding carboxylic acids is 1. The van der Waals surface area contributed by atoms with E-state index >= 15 is 0 Å². The summed E-state index contributed by atoms with van der Waals surface area (Å²) in [6, 6.07) is 7.16. The van der Waals surface area contributed by atoms with Crippen molar-refractivity contribution >= 4 is 11.6 Å². The van der Waals surface area contributed by atoms with E-state index in [0.29, 0.717) is 31.0 Å². The second-order valence-electron chi connectivity index (χ2n) is 5.03. The second-order valence-corrected chi connectivity index (χ2v) is 5.03. The maximum Gasteiger partial charge on any atom is 0.256 e. The lowest BCUT2D eigenvalue weighted by atomic mass is 10.0. The van der Waals surface area contributed by atoms with Gasteiger partial charge in [-0.25, -0.2) is 0 Å². The first-order chi connectivity index (χ1) is 9.20. The normalized spacial score (nSPS) is 21.8. The number of benzene rings is 1. The average Bonchev–Trinajstić information content (AvgIpc) is 2.86. The first-order valence-corrected chi connectivity index (χ1v) is 6.62.